The van der Waals surface area contributed by atoms with Crippen LogP contribution in [0.5, 0.6) is 0 Å². The van der Waals surface area contributed by atoms with E-state index in [2.05, 4.69) is 48.1 Å². The summed E-state index contributed by atoms with van der Waals surface area (Å²) in [5.41, 5.74) is 0.0357. The molecule has 0 aromatic rings. The number of rotatable bonds is 10. The van der Waals surface area contributed by atoms with Gasteiger partial charge in [-0.25, -0.2) is 0 Å². The fraction of sp³-hybridized carbons (Fsp3) is 0.826. The molecule has 0 aromatic heterocycles. The first-order valence-electron chi connectivity index (χ1n) is 10.5. The molecule has 27 heavy (non-hydrogen) atoms. The van der Waals surface area contributed by atoms with Crippen LogP contribution in [0.4, 0.5) is 0 Å². The third kappa shape index (κ3) is 10.6. The van der Waals surface area contributed by atoms with E-state index >= 15 is 0 Å². The number of amides is 1. The van der Waals surface area contributed by atoms with Crippen LogP contribution in [0.2, 0.25) is 0 Å². The van der Waals surface area contributed by atoms with Crippen molar-refractivity contribution in [3.63, 3.8) is 0 Å². The van der Waals surface area contributed by atoms with Gasteiger partial charge in [-0.3, -0.25) is 9.59 Å². The minimum Gasteiger partial charge on any atom is -0.463 e. The van der Waals surface area contributed by atoms with Gasteiger partial charge in [-0.05, 0) is 38.0 Å². The van der Waals surface area contributed by atoms with E-state index in [4.69, 9.17) is 4.74 Å². The highest BCUT2D eigenvalue weighted by atomic mass is 16.5. The molecule has 0 N–H and O–H groups in total. The van der Waals surface area contributed by atoms with Gasteiger partial charge in [0.25, 0.3) is 0 Å². The minimum absolute atomic E-state index is 0.0428. The maximum atomic E-state index is 12.7. The third-order valence-electron chi connectivity index (χ3n) is 4.67. The molecule has 0 aliphatic rings. The standard InChI is InChI=1S/C21H39NO3.C2H6/c1-10-11-12-22(18(23)16(2)3)13-14-25-19(24)21(9,17(4)5)15-20(6,7)8;1-2/h17H,2,10-15H2,1,3-9H3;1-2H3. The quantitative estimate of drug-likeness (QED) is 0.351. The second-order valence-electron chi connectivity index (χ2n) is 8.87. The van der Waals surface area contributed by atoms with Gasteiger partial charge >= 0.3 is 5.97 Å². The molecule has 0 saturated carbocycles. The topological polar surface area (TPSA) is 46.6 Å². The Labute approximate surface area is 168 Å². The normalized spacial score (nSPS) is 13.3. The van der Waals surface area contributed by atoms with Crippen LogP contribution in [0, 0.1) is 16.7 Å². The lowest BCUT2D eigenvalue weighted by Crippen LogP contribution is -2.40. The van der Waals surface area contributed by atoms with Crippen molar-refractivity contribution in [1.82, 2.24) is 4.90 Å². The molecule has 0 aliphatic heterocycles. The average Bonchev–Trinajstić information content (AvgIpc) is 2.56. The van der Waals surface area contributed by atoms with Crippen LogP contribution in [0.1, 0.15) is 88.5 Å². The predicted molar refractivity (Wildman–Crippen MR) is 116 cm³/mol. The number of hydrogen-bond acceptors (Lipinski definition) is 3. The van der Waals surface area contributed by atoms with Crippen LogP contribution in [0.15, 0.2) is 12.2 Å². The molecular formula is C23H45NO3. The van der Waals surface area contributed by atoms with Gasteiger partial charge in [0.15, 0.2) is 0 Å². The van der Waals surface area contributed by atoms with Gasteiger partial charge in [-0.2, -0.15) is 0 Å². The Kier molecular flexibility index (Phi) is 13.4. The van der Waals surface area contributed by atoms with Crippen molar-refractivity contribution in [2.45, 2.75) is 88.5 Å². The Balaban J connectivity index is 0. The first-order valence-corrected chi connectivity index (χ1v) is 10.5. The van der Waals surface area contributed by atoms with E-state index in [1.54, 1.807) is 11.8 Å². The molecule has 0 heterocycles. The highest BCUT2D eigenvalue weighted by molar-refractivity contribution is 5.92. The number of unbranched alkanes of at least 4 members (excludes halogenated alkanes) is 1. The summed E-state index contributed by atoms with van der Waals surface area (Å²) < 4.78 is 5.59. The second-order valence-corrected chi connectivity index (χ2v) is 8.87. The van der Waals surface area contributed by atoms with Crippen LogP contribution in [0.3, 0.4) is 0 Å². The third-order valence-corrected chi connectivity index (χ3v) is 4.67. The lowest BCUT2D eigenvalue weighted by Gasteiger charge is -2.37. The number of esters is 1. The molecule has 160 valence electrons. The molecule has 0 radical (unpaired) electrons. The maximum Gasteiger partial charge on any atom is 0.312 e. The molecular weight excluding hydrogens is 338 g/mol. The second kappa shape index (κ2) is 13.0. The summed E-state index contributed by atoms with van der Waals surface area (Å²) in [4.78, 5) is 26.7. The molecule has 0 aliphatic carbocycles. The van der Waals surface area contributed by atoms with E-state index in [1.165, 1.54) is 0 Å². The highest BCUT2D eigenvalue weighted by Gasteiger charge is 2.41. The zero-order valence-electron chi connectivity index (χ0n) is 19.7. The molecule has 0 spiro atoms. The Hall–Kier alpha value is -1.32. The van der Waals surface area contributed by atoms with Crippen molar-refractivity contribution in [3.8, 4) is 0 Å². The van der Waals surface area contributed by atoms with E-state index in [-0.39, 0.29) is 29.8 Å². The highest BCUT2D eigenvalue weighted by Crippen LogP contribution is 2.40. The Morgan fingerprint density at radius 3 is 1.96 bits per heavy atom. The van der Waals surface area contributed by atoms with Gasteiger partial charge in [-0.1, -0.05) is 68.4 Å². The van der Waals surface area contributed by atoms with Crippen LogP contribution in [0.25, 0.3) is 0 Å². The van der Waals surface area contributed by atoms with Crippen LogP contribution in [-0.2, 0) is 14.3 Å². The van der Waals surface area contributed by atoms with Crippen LogP contribution in [-0.4, -0.2) is 36.5 Å². The van der Waals surface area contributed by atoms with Crippen molar-refractivity contribution < 1.29 is 14.3 Å². The summed E-state index contributed by atoms with van der Waals surface area (Å²) in [6.45, 7) is 25.4. The average molecular weight is 384 g/mol. The van der Waals surface area contributed by atoms with E-state index in [0.29, 0.717) is 18.7 Å². The van der Waals surface area contributed by atoms with Crippen LogP contribution < -0.4 is 0 Å². The number of nitrogens with zero attached hydrogens (tertiary/aromatic N) is 1. The van der Waals surface area contributed by atoms with Crippen molar-refractivity contribution in [1.29, 1.82) is 0 Å². The molecule has 0 rings (SSSR count). The summed E-state index contributed by atoms with van der Waals surface area (Å²) in [5.74, 6) is -0.0473. The number of hydrogen-bond donors (Lipinski definition) is 0. The first-order chi connectivity index (χ1) is 12.3. The van der Waals surface area contributed by atoms with Gasteiger partial charge in [0, 0.05) is 12.1 Å². The lowest BCUT2D eigenvalue weighted by atomic mass is 9.69. The fourth-order valence-electron chi connectivity index (χ4n) is 2.96. The summed E-state index contributed by atoms with van der Waals surface area (Å²) >= 11 is 0. The van der Waals surface area contributed by atoms with Crippen molar-refractivity contribution in [3.05, 3.63) is 12.2 Å². The molecule has 0 aromatic carbocycles. The summed E-state index contributed by atoms with van der Waals surface area (Å²) in [6.07, 6.45) is 2.71. The number of carbonyl (C=O) groups excluding carboxylic acids is 2. The molecule has 0 saturated heterocycles. The molecule has 4 heteroatoms. The van der Waals surface area contributed by atoms with Gasteiger partial charge in [0.05, 0.1) is 12.0 Å². The van der Waals surface area contributed by atoms with E-state index in [9.17, 15) is 9.59 Å². The maximum absolute atomic E-state index is 12.7. The molecule has 1 amide bonds. The van der Waals surface area contributed by atoms with E-state index in [0.717, 1.165) is 19.3 Å². The zero-order chi connectivity index (χ0) is 21.8. The van der Waals surface area contributed by atoms with Gasteiger partial charge < -0.3 is 9.64 Å². The number of ether oxygens (including phenoxy) is 1. The number of carbonyl (C=O) groups is 2. The molecule has 4 nitrogen and oxygen atoms in total. The Morgan fingerprint density at radius 2 is 1.59 bits per heavy atom. The van der Waals surface area contributed by atoms with Crippen LogP contribution >= 0.6 is 0 Å². The molecule has 1 unspecified atom stereocenters. The minimum atomic E-state index is -0.523. The summed E-state index contributed by atoms with van der Waals surface area (Å²) in [6, 6.07) is 0. The smallest absolute Gasteiger partial charge is 0.312 e. The van der Waals surface area contributed by atoms with E-state index in [1.807, 2.05) is 20.8 Å². The van der Waals surface area contributed by atoms with Gasteiger partial charge in [-0.15, -0.1) is 0 Å². The fourth-order valence-corrected chi connectivity index (χ4v) is 2.96. The zero-order valence-corrected chi connectivity index (χ0v) is 19.7. The van der Waals surface area contributed by atoms with Crippen molar-refractivity contribution in [2.24, 2.45) is 16.7 Å². The monoisotopic (exact) mass is 383 g/mol. The summed E-state index contributed by atoms with van der Waals surface area (Å²) in [7, 11) is 0. The van der Waals surface area contributed by atoms with Crippen molar-refractivity contribution in [2.75, 3.05) is 19.7 Å². The molecule has 0 bridgehead atoms. The van der Waals surface area contributed by atoms with Gasteiger partial charge in [0.2, 0.25) is 5.91 Å². The molecule has 1 atom stereocenters. The summed E-state index contributed by atoms with van der Waals surface area (Å²) in [5, 5.41) is 0. The molecule has 0 fully saturated rings. The predicted octanol–water partition coefficient (Wildman–Crippen LogP) is 5.86. The van der Waals surface area contributed by atoms with E-state index < -0.39 is 5.41 Å². The largest absolute Gasteiger partial charge is 0.463 e. The Bertz CT molecular complexity index is 463. The lowest BCUT2D eigenvalue weighted by molar-refractivity contribution is -0.161. The van der Waals surface area contributed by atoms with Crippen molar-refractivity contribution >= 4 is 11.9 Å². The first kappa shape index (κ1) is 27.9. The SMILES string of the molecule is C=C(C)C(=O)N(CCCC)CCOC(=O)C(C)(CC(C)(C)C)C(C)C.CC. The van der Waals surface area contributed by atoms with Gasteiger partial charge in [0.1, 0.15) is 6.61 Å². The Morgan fingerprint density at radius 1 is 1.07 bits per heavy atom.